The van der Waals surface area contributed by atoms with E-state index in [0.717, 1.165) is 25.9 Å². The number of anilines is 1. The highest BCUT2D eigenvalue weighted by atomic mass is 16.5. The number of hydrogen-bond donors (Lipinski definition) is 2. The van der Waals surface area contributed by atoms with Crippen LogP contribution in [0.15, 0.2) is 18.2 Å². The zero-order valence-electron chi connectivity index (χ0n) is 11.5. The van der Waals surface area contributed by atoms with Crippen molar-refractivity contribution in [2.24, 2.45) is 0 Å². The molecule has 1 aromatic carbocycles. The molecule has 5 heteroatoms. The number of carbonyl (C=O) groups is 1. The number of benzene rings is 1. The standard InChI is InChI=1S/C14H21N3O2/c1-17-7-5-11(6-8-17)16-14(18)12-9-10(15)3-4-13(12)19-2/h3-4,9,11H,5-8,15H2,1-2H3,(H,16,18). The van der Waals surface area contributed by atoms with E-state index in [1.54, 1.807) is 25.3 Å². The Balaban J connectivity index is 2.05. The van der Waals surface area contributed by atoms with Crippen LogP contribution in [-0.2, 0) is 0 Å². The van der Waals surface area contributed by atoms with E-state index in [1.165, 1.54) is 0 Å². The third kappa shape index (κ3) is 3.38. The van der Waals surface area contributed by atoms with Crippen LogP contribution >= 0.6 is 0 Å². The Morgan fingerprint density at radius 2 is 2.11 bits per heavy atom. The van der Waals surface area contributed by atoms with E-state index < -0.39 is 0 Å². The maximum atomic E-state index is 12.3. The van der Waals surface area contributed by atoms with Crippen LogP contribution in [-0.4, -0.2) is 44.1 Å². The maximum absolute atomic E-state index is 12.3. The largest absolute Gasteiger partial charge is 0.496 e. The van der Waals surface area contributed by atoms with Gasteiger partial charge >= 0.3 is 0 Å². The molecule has 0 saturated carbocycles. The van der Waals surface area contributed by atoms with Crippen molar-refractivity contribution in [2.45, 2.75) is 18.9 Å². The molecule has 5 nitrogen and oxygen atoms in total. The van der Waals surface area contributed by atoms with E-state index in [2.05, 4.69) is 17.3 Å². The first-order valence-corrected chi connectivity index (χ1v) is 6.53. The SMILES string of the molecule is COc1ccc(N)cc1C(=O)NC1CCN(C)CC1. The van der Waals surface area contributed by atoms with Gasteiger partial charge in [0.1, 0.15) is 5.75 Å². The lowest BCUT2D eigenvalue weighted by atomic mass is 10.0. The number of hydrogen-bond acceptors (Lipinski definition) is 4. The summed E-state index contributed by atoms with van der Waals surface area (Å²) in [6.07, 6.45) is 1.96. The monoisotopic (exact) mass is 263 g/mol. The fourth-order valence-electron chi connectivity index (χ4n) is 2.32. The quantitative estimate of drug-likeness (QED) is 0.801. The molecule has 2 rings (SSSR count). The number of nitrogens with zero attached hydrogens (tertiary/aromatic N) is 1. The molecule has 0 spiro atoms. The smallest absolute Gasteiger partial charge is 0.255 e. The van der Waals surface area contributed by atoms with Crippen molar-refractivity contribution in [3.63, 3.8) is 0 Å². The maximum Gasteiger partial charge on any atom is 0.255 e. The summed E-state index contributed by atoms with van der Waals surface area (Å²) < 4.78 is 5.20. The summed E-state index contributed by atoms with van der Waals surface area (Å²) in [6.45, 7) is 2.03. The van der Waals surface area contributed by atoms with Crippen LogP contribution in [0, 0.1) is 0 Å². The number of nitrogens with one attached hydrogen (secondary N) is 1. The normalized spacial score (nSPS) is 17.2. The zero-order chi connectivity index (χ0) is 13.8. The van der Waals surface area contributed by atoms with Crippen molar-refractivity contribution in [3.05, 3.63) is 23.8 Å². The van der Waals surface area contributed by atoms with Crippen LogP contribution in [0.25, 0.3) is 0 Å². The Hall–Kier alpha value is -1.75. The Labute approximate surface area is 113 Å². The van der Waals surface area contributed by atoms with Gasteiger partial charge in [0.05, 0.1) is 12.7 Å². The third-order valence-electron chi connectivity index (χ3n) is 3.52. The number of nitrogen functional groups attached to an aromatic ring is 1. The van der Waals surface area contributed by atoms with Crippen LogP contribution in [0.4, 0.5) is 5.69 Å². The number of piperidine rings is 1. The fourth-order valence-corrected chi connectivity index (χ4v) is 2.32. The van der Waals surface area contributed by atoms with Crippen molar-refractivity contribution in [1.29, 1.82) is 0 Å². The van der Waals surface area contributed by atoms with Gasteiger partial charge in [0.2, 0.25) is 0 Å². The molecular formula is C14H21N3O2. The summed E-state index contributed by atoms with van der Waals surface area (Å²) in [5, 5.41) is 3.06. The highest BCUT2D eigenvalue weighted by Crippen LogP contribution is 2.21. The van der Waals surface area contributed by atoms with Gasteiger partial charge in [0, 0.05) is 11.7 Å². The molecule has 0 bridgehead atoms. The summed E-state index contributed by atoms with van der Waals surface area (Å²) in [5.74, 6) is 0.443. The van der Waals surface area contributed by atoms with Gasteiger partial charge < -0.3 is 20.7 Å². The molecule has 1 saturated heterocycles. The Bertz CT molecular complexity index is 454. The van der Waals surface area contributed by atoms with E-state index in [0.29, 0.717) is 17.0 Å². The molecule has 0 unspecified atom stereocenters. The minimum Gasteiger partial charge on any atom is -0.496 e. The summed E-state index contributed by atoms with van der Waals surface area (Å²) in [5.41, 5.74) is 6.79. The topological polar surface area (TPSA) is 67.6 Å². The number of likely N-dealkylation sites (tertiary alicyclic amines) is 1. The van der Waals surface area contributed by atoms with Crippen molar-refractivity contribution >= 4 is 11.6 Å². The Morgan fingerprint density at radius 1 is 1.42 bits per heavy atom. The van der Waals surface area contributed by atoms with E-state index in [1.807, 2.05) is 0 Å². The van der Waals surface area contributed by atoms with Gasteiger partial charge in [-0.2, -0.15) is 0 Å². The highest BCUT2D eigenvalue weighted by molar-refractivity contribution is 5.98. The minimum atomic E-state index is -0.112. The Morgan fingerprint density at radius 3 is 2.74 bits per heavy atom. The number of methoxy groups -OCH3 is 1. The first-order chi connectivity index (χ1) is 9.10. The average Bonchev–Trinajstić information content (AvgIpc) is 2.41. The molecule has 0 aromatic heterocycles. The van der Waals surface area contributed by atoms with Crippen molar-refractivity contribution < 1.29 is 9.53 Å². The molecule has 0 aliphatic carbocycles. The number of carbonyl (C=O) groups excluding carboxylic acids is 1. The number of amides is 1. The number of ether oxygens (including phenoxy) is 1. The predicted molar refractivity (Wildman–Crippen MR) is 75.4 cm³/mol. The van der Waals surface area contributed by atoms with Crippen molar-refractivity contribution in [1.82, 2.24) is 10.2 Å². The average molecular weight is 263 g/mol. The van der Waals surface area contributed by atoms with E-state index in [4.69, 9.17) is 10.5 Å². The second-order valence-corrected chi connectivity index (χ2v) is 5.01. The first-order valence-electron chi connectivity index (χ1n) is 6.53. The highest BCUT2D eigenvalue weighted by Gasteiger charge is 2.20. The molecule has 0 atom stereocenters. The van der Waals surface area contributed by atoms with Crippen molar-refractivity contribution in [2.75, 3.05) is 33.0 Å². The summed E-state index contributed by atoms with van der Waals surface area (Å²) in [4.78, 5) is 14.5. The van der Waals surface area contributed by atoms with Gasteiger partial charge in [0.25, 0.3) is 5.91 Å². The van der Waals surface area contributed by atoms with Gasteiger partial charge in [-0.3, -0.25) is 4.79 Å². The van der Waals surface area contributed by atoms with E-state index in [9.17, 15) is 4.79 Å². The Kier molecular flexibility index (Phi) is 4.27. The molecule has 1 aliphatic rings. The molecule has 104 valence electrons. The van der Waals surface area contributed by atoms with Gasteiger partial charge in [-0.05, 0) is 51.2 Å². The molecule has 0 radical (unpaired) electrons. The van der Waals surface area contributed by atoms with E-state index in [-0.39, 0.29) is 11.9 Å². The lowest BCUT2D eigenvalue weighted by molar-refractivity contribution is 0.0914. The molecule has 1 heterocycles. The molecule has 3 N–H and O–H groups in total. The van der Waals surface area contributed by atoms with Crippen LogP contribution in [0.2, 0.25) is 0 Å². The lowest BCUT2D eigenvalue weighted by Crippen LogP contribution is -2.43. The van der Waals surface area contributed by atoms with Crippen LogP contribution in [0.5, 0.6) is 5.75 Å². The zero-order valence-corrected chi connectivity index (χ0v) is 11.5. The number of rotatable bonds is 3. The van der Waals surface area contributed by atoms with Crippen LogP contribution < -0.4 is 15.8 Å². The van der Waals surface area contributed by atoms with Crippen LogP contribution in [0.3, 0.4) is 0 Å². The number of nitrogens with two attached hydrogens (primary N) is 1. The molecule has 1 aromatic rings. The van der Waals surface area contributed by atoms with Gasteiger partial charge in [-0.15, -0.1) is 0 Å². The molecule has 1 aliphatic heterocycles. The third-order valence-corrected chi connectivity index (χ3v) is 3.52. The summed E-state index contributed by atoms with van der Waals surface area (Å²) >= 11 is 0. The van der Waals surface area contributed by atoms with Crippen LogP contribution in [0.1, 0.15) is 23.2 Å². The molecule has 1 amide bonds. The van der Waals surface area contributed by atoms with Crippen molar-refractivity contribution in [3.8, 4) is 5.75 Å². The van der Waals surface area contributed by atoms with Gasteiger partial charge in [-0.1, -0.05) is 0 Å². The first kappa shape index (κ1) is 13.7. The molecule has 19 heavy (non-hydrogen) atoms. The lowest BCUT2D eigenvalue weighted by Gasteiger charge is -2.29. The van der Waals surface area contributed by atoms with Gasteiger partial charge in [-0.25, -0.2) is 0 Å². The molecular weight excluding hydrogens is 242 g/mol. The second-order valence-electron chi connectivity index (χ2n) is 5.01. The predicted octanol–water partition coefficient (Wildman–Crippen LogP) is 1.10. The molecule has 1 fully saturated rings. The fraction of sp³-hybridized carbons (Fsp3) is 0.500. The summed E-state index contributed by atoms with van der Waals surface area (Å²) in [7, 11) is 3.65. The second kappa shape index (κ2) is 5.93. The van der Waals surface area contributed by atoms with E-state index >= 15 is 0 Å². The minimum absolute atomic E-state index is 0.112. The van der Waals surface area contributed by atoms with Gasteiger partial charge in [0.15, 0.2) is 0 Å². The summed E-state index contributed by atoms with van der Waals surface area (Å²) in [6, 6.07) is 5.34.